The highest BCUT2D eigenvalue weighted by molar-refractivity contribution is 4.92. The number of hydrogen-bond acceptors (Lipinski definition) is 4. The van der Waals surface area contributed by atoms with Gasteiger partial charge in [-0.2, -0.15) is 0 Å². The Morgan fingerprint density at radius 3 is 2.93 bits per heavy atom. The summed E-state index contributed by atoms with van der Waals surface area (Å²) in [5.74, 6) is 0.856. The van der Waals surface area contributed by atoms with E-state index >= 15 is 0 Å². The average Bonchev–Trinajstić information content (AvgIpc) is 2.67. The van der Waals surface area contributed by atoms with E-state index in [2.05, 4.69) is 17.0 Å². The molecule has 0 spiro atoms. The molecule has 0 amide bonds. The molecule has 1 aromatic rings. The van der Waals surface area contributed by atoms with Gasteiger partial charge < -0.3 is 9.63 Å². The van der Waals surface area contributed by atoms with Gasteiger partial charge in [-0.25, -0.2) is 0 Å². The minimum absolute atomic E-state index is 0.192. The van der Waals surface area contributed by atoms with Crippen LogP contribution in [0.25, 0.3) is 0 Å². The van der Waals surface area contributed by atoms with E-state index in [-0.39, 0.29) is 6.61 Å². The molecule has 1 heterocycles. The quantitative estimate of drug-likeness (QED) is 0.716. The summed E-state index contributed by atoms with van der Waals surface area (Å²) in [6, 6.07) is 1.86. The lowest BCUT2D eigenvalue weighted by Gasteiger charge is -2.18. The fourth-order valence-electron chi connectivity index (χ4n) is 1.34. The molecule has 80 valence electrons. The highest BCUT2D eigenvalue weighted by atomic mass is 16.5. The maximum Gasteiger partial charge on any atom is 0.150 e. The van der Waals surface area contributed by atoms with Crippen LogP contribution in [0.15, 0.2) is 16.8 Å². The van der Waals surface area contributed by atoms with Crippen molar-refractivity contribution < 1.29 is 9.63 Å². The smallest absolute Gasteiger partial charge is 0.150 e. The maximum absolute atomic E-state index is 8.88. The van der Waals surface area contributed by atoms with Crippen molar-refractivity contribution in [3.05, 3.63) is 18.0 Å². The summed E-state index contributed by atoms with van der Waals surface area (Å²) in [7, 11) is 0. The molecule has 0 saturated heterocycles. The third-order valence-electron chi connectivity index (χ3n) is 2.11. The summed E-state index contributed by atoms with van der Waals surface area (Å²) >= 11 is 0. The Bertz CT molecular complexity index is 224. The van der Waals surface area contributed by atoms with Gasteiger partial charge in [-0.1, -0.05) is 18.5 Å². The molecule has 0 saturated carbocycles. The van der Waals surface area contributed by atoms with Gasteiger partial charge in [0, 0.05) is 12.6 Å². The number of hydrogen-bond donors (Lipinski definition) is 1. The molecule has 0 aliphatic rings. The second-order valence-corrected chi connectivity index (χ2v) is 3.33. The van der Waals surface area contributed by atoms with Crippen molar-refractivity contribution in [2.45, 2.75) is 26.3 Å². The number of unbranched alkanes of at least 4 members (excludes halogenated alkanes) is 1. The van der Waals surface area contributed by atoms with Crippen LogP contribution in [0.1, 0.15) is 25.5 Å². The molecule has 0 fully saturated rings. The number of nitrogens with zero attached hydrogens (tertiary/aromatic N) is 2. The zero-order chi connectivity index (χ0) is 10.2. The SMILES string of the molecule is CCCCN(CCO)Cc1ccno1. The second-order valence-electron chi connectivity index (χ2n) is 3.33. The van der Waals surface area contributed by atoms with Crippen LogP contribution >= 0.6 is 0 Å². The molecule has 4 nitrogen and oxygen atoms in total. The van der Waals surface area contributed by atoms with Crippen LogP contribution in [0.4, 0.5) is 0 Å². The first-order chi connectivity index (χ1) is 6.86. The largest absolute Gasteiger partial charge is 0.395 e. The van der Waals surface area contributed by atoms with Crippen molar-refractivity contribution in [3.8, 4) is 0 Å². The van der Waals surface area contributed by atoms with Gasteiger partial charge in [0.2, 0.25) is 0 Å². The van der Waals surface area contributed by atoms with Gasteiger partial charge in [-0.05, 0) is 13.0 Å². The second kappa shape index (κ2) is 6.56. The first-order valence-corrected chi connectivity index (χ1v) is 5.09. The summed E-state index contributed by atoms with van der Waals surface area (Å²) in [6.45, 7) is 4.78. The van der Waals surface area contributed by atoms with Gasteiger partial charge in [0.15, 0.2) is 5.76 Å². The predicted octanol–water partition coefficient (Wildman–Crippen LogP) is 1.27. The van der Waals surface area contributed by atoms with Crippen molar-refractivity contribution in [3.63, 3.8) is 0 Å². The Kier molecular flexibility index (Phi) is 5.25. The van der Waals surface area contributed by atoms with Crippen molar-refractivity contribution in [1.29, 1.82) is 0 Å². The van der Waals surface area contributed by atoms with Crippen LogP contribution in [-0.2, 0) is 6.54 Å². The van der Waals surface area contributed by atoms with E-state index < -0.39 is 0 Å². The molecule has 0 unspecified atom stereocenters. The molecule has 14 heavy (non-hydrogen) atoms. The first kappa shape index (κ1) is 11.2. The lowest BCUT2D eigenvalue weighted by molar-refractivity contribution is 0.174. The predicted molar refractivity (Wildman–Crippen MR) is 53.8 cm³/mol. The number of aliphatic hydroxyl groups is 1. The summed E-state index contributed by atoms with van der Waals surface area (Å²) < 4.78 is 5.02. The topological polar surface area (TPSA) is 49.5 Å². The van der Waals surface area contributed by atoms with Crippen LogP contribution in [0.2, 0.25) is 0 Å². The van der Waals surface area contributed by atoms with Crippen LogP contribution in [0, 0.1) is 0 Å². The number of aliphatic hydroxyl groups excluding tert-OH is 1. The van der Waals surface area contributed by atoms with Crippen LogP contribution in [0.3, 0.4) is 0 Å². The molecule has 1 aromatic heterocycles. The van der Waals surface area contributed by atoms with E-state index in [1.165, 1.54) is 6.42 Å². The Hall–Kier alpha value is -0.870. The minimum Gasteiger partial charge on any atom is -0.395 e. The van der Waals surface area contributed by atoms with Gasteiger partial charge >= 0.3 is 0 Å². The lowest BCUT2D eigenvalue weighted by atomic mass is 10.3. The fourth-order valence-corrected chi connectivity index (χ4v) is 1.34. The van der Waals surface area contributed by atoms with E-state index in [9.17, 15) is 0 Å². The van der Waals surface area contributed by atoms with Gasteiger partial charge in [-0.3, -0.25) is 4.90 Å². The number of rotatable bonds is 7. The zero-order valence-electron chi connectivity index (χ0n) is 8.65. The standard InChI is InChI=1S/C10H18N2O2/c1-2-3-6-12(7-8-13)9-10-4-5-11-14-10/h4-5,13H,2-3,6-9H2,1H3. The van der Waals surface area contributed by atoms with E-state index in [1.807, 2.05) is 6.07 Å². The van der Waals surface area contributed by atoms with Crippen LogP contribution in [-0.4, -0.2) is 34.9 Å². The van der Waals surface area contributed by atoms with Gasteiger partial charge in [-0.15, -0.1) is 0 Å². The summed E-state index contributed by atoms with van der Waals surface area (Å²) in [5, 5.41) is 12.5. The Labute approximate surface area is 84.5 Å². The molecule has 0 radical (unpaired) electrons. The highest BCUT2D eigenvalue weighted by Crippen LogP contribution is 2.04. The maximum atomic E-state index is 8.88. The van der Waals surface area contributed by atoms with Crippen LogP contribution in [0.5, 0.6) is 0 Å². The zero-order valence-corrected chi connectivity index (χ0v) is 8.65. The molecule has 0 atom stereocenters. The van der Waals surface area contributed by atoms with Crippen LogP contribution < -0.4 is 0 Å². The summed E-state index contributed by atoms with van der Waals surface area (Å²) in [5.41, 5.74) is 0. The third kappa shape index (κ3) is 3.89. The Morgan fingerprint density at radius 1 is 1.50 bits per heavy atom. The van der Waals surface area contributed by atoms with Crippen molar-refractivity contribution in [2.75, 3.05) is 19.7 Å². The monoisotopic (exact) mass is 198 g/mol. The van der Waals surface area contributed by atoms with E-state index in [1.54, 1.807) is 6.20 Å². The molecule has 0 aromatic carbocycles. The molecular weight excluding hydrogens is 180 g/mol. The van der Waals surface area contributed by atoms with Gasteiger partial charge in [0.05, 0.1) is 19.3 Å². The molecule has 0 aliphatic carbocycles. The third-order valence-corrected chi connectivity index (χ3v) is 2.11. The molecule has 0 bridgehead atoms. The van der Waals surface area contributed by atoms with Gasteiger partial charge in [0.25, 0.3) is 0 Å². The van der Waals surface area contributed by atoms with E-state index in [4.69, 9.17) is 9.63 Å². The first-order valence-electron chi connectivity index (χ1n) is 5.09. The van der Waals surface area contributed by atoms with Crippen molar-refractivity contribution >= 4 is 0 Å². The highest BCUT2D eigenvalue weighted by Gasteiger charge is 2.06. The molecule has 0 aliphatic heterocycles. The van der Waals surface area contributed by atoms with E-state index in [0.29, 0.717) is 6.54 Å². The lowest BCUT2D eigenvalue weighted by Crippen LogP contribution is -2.27. The molecule has 4 heteroatoms. The summed E-state index contributed by atoms with van der Waals surface area (Å²) in [6.07, 6.45) is 3.96. The molecular formula is C10H18N2O2. The Morgan fingerprint density at radius 2 is 2.36 bits per heavy atom. The van der Waals surface area contributed by atoms with Crippen molar-refractivity contribution in [2.24, 2.45) is 0 Å². The van der Waals surface area contributed by atoms with Crippen molar-refractivity contribution in [1.82, 2.24) is 10.1 Å². The minimum atomic E-state index is 0.192. The normalized spacial score (nSPS) is 11.1. The fraction of sp³-hybridized carbons (Fsp3) is 0.700. The Balaban J connectivity index is 2.34. The summed E-state index contributed by atoms with van der Waals surface area (Å²) in [4.78, 5) is 2.17. The average molecular weight is 198 g/mol. The molecule has 1 rings (SSSR count). The number of aromatic nitrogens is 1. The van der Waals surface area contributed by atoms with Gasteiger partial charge in [0.1, 0.15) is 0 Å². The molecule has 1 N–H and O–H groups in total. The van der Waals surface area contributed by atoms with E-state index in [0.717, 1.165) is 25.3 Å².